The minimum Gasteiger partial charge on any atom is -0.461 e. The standard InChI is InChI=1S/C30H46N2O6/c1-7-29-14-13-19-37-26(36)22(29)21-24(34)31(16-10-8-9-11-18-33)23-25(35)32(17-12-15-30(21,23)38-29)28(5,6)20-27(2,3)4/h12-15,21-23,33H,7-11,16-20H2,1-6H3/t21-,22-,23?,29+,30-/m0/s1. The summed E-state index contributed by atoms with van der Waals surface area (Å²) < 4.78 is 12.4. The van der Waals surface area contributed by atoms with Crippen LogP contribution in [0.3, 0.4) is 0 Å². The summed E-state index contributed by atoms with van der Waals surface area (Å²) in [5.41, 5.74) is -2.70. The molecular weight excluding hydrogens is 484 g/mol. The van der Waals surface area contributed by atoms with E-state index in [1.54, 1.807) is 11.0 Å². The number of amides is 2. The summed E-state index contributed by atoms with van der Waals surface area (Å²) in [5.74, 6) is -2.42. The van der Waals surface area contributed by atoms with Crippen molar-refractivity contribution in [2.75, 3.05) is 26.3 Å². The molecule has 1 unspecified atom stereocenters. The SMILES string of the molecule is CC[C@@]12C=CCOC(=O)[C@@H]1[C@H]1C(=O)N(CCCCCCO)C3C(=O)N(C(C)(C)CC(C)(C)C)CC=C[C@@]31O2. The maximum Gasteiger partial charge on any atom is 0.313 e. The molecule has 1 spiro atoms. The molecule has 5 atom stereocenters. The van der Waals surface area contributed by atoms with Crippen molar-refractivity contribution in [3.05, 3.63) is 24.3 Å². The zero-order chi connectivity index (χ0) is 27.9. The fourth-order valence-electron chi connectivity index (χ4n) is 7.52. The van der Waals surface area contributed by atoms with Crippen molar-refractivity contribution in [1.82, 2.24) is 9.80 Å². The number of fused-ring (bicyclic) bond motifs is 2. The highest BCUT2D eigenvalue weighted by Crippen LogP contribution is 2.58. The van der Waals surface area contributed by atoms with Gasteiger partial charge in [0.05, 0.1) is 5.92 Å². The number of rotatable bonds is 9. The number of hydrogen-bond donors (Lipinski definition) is 1. The van der Waals surface area contributed by atoms with Crippen molar-refractivity contribution in [3.63, 3.8) is 0 Å². The minimum absolute atomic E-state index is 0.00418. The number of carbonyl (C=O) groups excluding carboxylic acids is 3. The van der Waals surface area contributed by atoms with Crippen LogP contribution >= 0.6 is 0 Å². The first-order valence-corrected chi connectivity index (χ1v) is 14.3. The first-order chi connectivity index (χ1) is 17.8. The summed E-state index contributed by atoms with van der Waals surface area (Å²) in [6.07, 6.45) is 11.9. The molecule has 8 heteroatoms. The predicted molar refractivity (Wildman–Crippen MR) is 144 cm³/mol. The monoisotopic (exact) mass is 530 g/mol. The van der Waals surface area contributed by atoms with Gasteiger partial charge >= 0.3 is 5.97 Å². The number of esters is 1. The normalized spacial score (nSPS) is 33.1. The van der Waals surface area contributed by atoms with Crippen molar-refractivity contribution >= 4 is 17.8 Å². The molecule has 4 aliphatic rings. The molecule has 2 amide bonds. The summed E-state index contributed by atoms with van der Waals surface area (Å²) in [5, 5.41) is 9.15. The second-order valence-corrected chi connectivity index (χ2v) is 13.2. The van der Waals surface area contributed by atoms with Crippen LogP contribution in [0.2, 0.25) is 0 Å². The van der Waals surface area contributed by atoms with Gasteiger partial charge in [0, 0.05) is 25.2 Å². The maximum absolute atomic E-state index is 14.6. The van der Waals surface area contributed by atoms with E-state index in [1.165, 1.54) is 0 Å². The van der Waals surface area contributed by atoms with Crippen LogP contribution in [-0.4, -0.2) is 81.8 Å². The number of likely N-dealkylation sites (tertiary alicyclic amines) is 1. The molecule has 1 N–H and O–H groups in total. The lowest BCUT2D eigenvalue weighted by atomic mass is 9.73. The highest BCUT2D eigenvalue weighted by Gasteiger charge is 2.75. The van der Waals surface area contributed by atoms with Crippen LogP contribution in [0.4, 0.5) is 0 Å². The molecule has 2 fully saturated rings. The Labute approximate surface area is 227 Å². The lowest BCUT2D eigenvalue weighted by Crippen LogP contribution is -2.60. The molecule has 8 nitrogen and oxygen atoms in total. The van der Waals surface area contributed by atoms with Crippen LogP contribution in [0.1, 0.15) is 80.1 Å². The Morgan fingerprint density at radius 3 is 2.34 bits per heavy atom. The predicted octanol–water partition coefficient (Wildman–Crippen LogP) is 3.63. The van der Waals surface area contributed by atoms with Gasteiger partial charge in [-0.15, -0.1) is 0 Å². The average Bonchev–Trinajstić information content (AvgIpc) is 3.08. The topological polar surface area (TPSA) is 96.4 Å². The van der Waals surface area contributed by atoms with E-state index in [1.807, 2.05) is 30.1 Å². The molecule has 4 heterocycles. The van der Waals surface area contributed by atoms with E-state index < -0.39 is 40.6 Å². The van der Waals surface area contributed by atoms with E-state index in [2.05, 4.69) is 34.6 Å². The van der Waals surface area contributed by atoms with Gasteiger partial charge in [-0.25, -0.2) is 0 Å². The van der Waals surface area contributed by atoms with Crippen LogP contribution < -0.4 is 0 Å². The number of unbranched alkanes of at least 4 members (excludes halogenated alkanes) is 3. The van der Waals surface area contributed by atoms with Crippen LogP contribution in [0.25, 0.3) is 0 Å². The number of carbonyl (C=O) groups is 3. The fraction of sp³-hybridized carbons (Fsp3) is 0.767. The Kier molecular flexibility index (Phi) is 7.90. The average molecular weight is 531 g/mol. The Bertz CT molecular complexity index is 997. The van der Waals surface area contributed by atoms with Gasteiger partial charge in [-0.2, -0.15) is 0 Å². The highest BCUT2D eigenvalue weighted by atomic mass is 16.6. The van der Waals surface area contributed by atoms with Crippen LogP contribution in [0.5, 0.6) is 0 Å². The molecule has 0 aromatic carbocycles. The zero-order valence-corrected chi connectivity index (χ0v) is 24.0. The van der Waals surface area contributed by atoms with Crippen molar-refractivity contribution < 1.29 is 29.0 Å². The molecule has 4 aliphatic heterocycles. The molecule has 212 valence electrons. The third-order valence-corrected chi connectivity index (χ3v) is 8.70. The van der Waals surface area contributed by atoms with Gasteiger partial charge in [0.1, 0.15) is 29.8 Å². The van der Waals surface area contributed by atoms with Gasteiger partial charge in [0.2, 0.25) is 11.8 Å². The van der Waals surface area contributed by atoms with Crippen molar-refractivity contribution in [2.24, 2.45) is 17.3 Å². The largest absolute Gasteiger partial charge is 0.461 e. The van der Waals surface area contributed by atoms with Gasteiger partial charge in [-0.1, -0.05) is 58.8 Å². The first-order valence-electron chi connectivity index (χ1n) is 14.3. The molecule has 2 saturated heterocycles. The van der Waals surface area contributed by atoms with Crippen LogP contribution in [0.15, 0.2) is 24.3 Å². The van der Waals surface area contributed by atoms with Crippen LogP contribution in [0, 0.1) is 17.3 Å². The fourth-order valence-corrected chi connectivity index (χ4v) is 7.52. The van der Waals surface area contributed by atoms with Crippen LogP contribution in [-0.2, 0) is 23.9 Å². The Hall–Kier alpha value is -2.19. The molecule has 0 saturated carbocycles. The van der Waals surface area contributed by atoms with Gasteiger partial charge in [-0.3, -0.25) is 14.4 Å². The van der Waals surface area contributed by atoms with E-state index in [9.17, 15) is 14.4 Å². The lowest BCUT2D eigenvalue weighted by molar-refractivity contribution is -0.160. The van der Waals surface area contributed by atoms with Gasteiger partial charge in [0.25, 0.3) is 0 Å². The smallest absolute Gasteiger partial charge is 0.313 e. The van der Waals surface area contributed by atoms with Gasteiger partial charge < -0.3 is 24.4 Å². The Balaban J connectivity index is 1.78. The quantitative estimate of drug-likeness (QED) is 0.278. The van der Waals surface area contributed by atoms with E-state index in [4.69, 9.17) is 14.6 Å². The Morgan fingerprint density at radius 2 is 1.68 bits per heavy atom. The summed E-state index contributed by atoms with van der Waals surface area (Å²) in [6.45, 7) is 13.7. The lowest BCUT2D eigenvalue weighted by Gasteiger charge is -2.45. The van der Waals surface area contributed by atoms with Crippen molar-refractivity contribution in [2.45, 2.75) is 103 Å². The molecular formula is C30H46N2O6. The summed E-state index contributed by atoms with van der Waals surface area (Å²) in [6, 6.07) is -0.854. The number of aliphatic hydroxyl groups is 1. The van der Waals surface area contributed by atoms with E-state index in [0.717, 1.165) is 19.3 Å². The van der Waals surface area contributed by atoms with Gasteiger partial charge in [-0.05, 0) is 51.0 Å². The minimum atomic E-state index is -1.24. The number of hydrogen-bond acceptors (Lipinski definition) is 6. The second kappa shape index (κ2) is 10.4. The third-order valence-electron chi connectivity index (χ3n) is 8.70. The molecule has 38 heavy (non-hydrogen) atoms. The molecule has 0 radical (unpaired) electrons. The van der Waals surface area contributed by atoms with Gasteiger partial charge in [0.15, 0.2) is 0 Å². The number of ether oxygens (including phenoxy) is 2. The molecule has 0 aromatic rings. The summed E-state index contributed by atoms with van der Waals surface area (Å²) >= 11 is 0. The van der Waals surface area contributed by atoms with E-state index >= 15 is 0 Å². The maximum atomic E-state index is 14.6. The Morgan fingerprint density at radius 1 is 0.974 bits per heavy atom. The molecule has 0 aromatic heterocycles. The highest BCUT2D eigenvalue weighted by molar-refractivity contribution is 5.99. The van der Waals surface area contributed by atoms with E-state index in [0.29, 0.717) is 32.4 Å². The molecule has 0 bridgehead atoms. The number of nitrogens with zero attached hydrogens (tertiary/aromatic N) is 2. The van der Waals surface area contributed by atoms with E-state index in [-0.39, 0.29) is 30.4 Å². The second-order valence-electron chi connectivity index (χ2n) is 13.2. The summed E-state index contributed by atoms with van der Waals surface area (Å²) in [4.78, 5) is 45.8. The van der Waals surface area contributed by atoms with Crippen molar-refractivity contribution in [3.8, 4) is 0 Å². The summed E-state index contributed by atoms with van der Waals surface area (Å²) in [7, 11) is 0. The number of aliphatic hydroxyl groups excluding tert-OH is 1. The third kappa shape index (κ3) is 4.83. The first kappa shape index (κ1) is 28.8. The number of cyclic esters (lactones) is 1. The molecule has 0 aliphatic carbocycles. The van der Waals surface area contributed by atoms with Crippen molar-refractivity contribution in [1.29, 1.82) is 0 Å². The molecule has 4 rings (SSSR count). The zero-order valence-electron chi connectivity index (χ0n) is 24.0.